The van der Waals surface area contributed by atoms with Gasteiger partial charge in [0.05, 0.1) is 52.0 Å². The van der Waals surface area contributed by atoms with Gasteiger partial charge in [0.2, 0.25) is 11.8 Å². The summed E-state index contributed by atoms with van der Waals surface area (Å²) in [6.45, 7) is 13.7. The zero-order valence-corrected chi connectivity index (χ0v) is 79.7. The van der Waals surface area contributed by atoms with Crippen molar-refractivity contribution >= 4 is 194 Å². The number of nitrogen functional groups attached to an aromatic ring is 3. The van der Waals surface area contributed by atoms with Gasteiger partial charge in [-0.25, -0.2) is 49.5 Å². The molecule has 38 heteroatoms. The van der Waals surface area contributed by atoms with Crippen LogP contribution in [-0.4, -0.2) is 149 Å². The number of anilines is 5. The van der Waals surface area contributed by atoms with Crippen LogP contribution in [0.15, 0.2) is 228 Å². The van der Waals surface area contributed by atoms with Gasteiger partial charge in [0.25, 0.3) is 0 Å². The Labute approximate surface area is 801 Å². The van der Waals surface area contributed by atoms with Gasteiger partial charge in [0.15, 0.2) is 29.1 Å². The fourth-order valence-electron chi connectivity index (χ4n) is 12.0. The lowest BCUT2D eigenvalue weighted by molar-refractivity contribution is -0.142. The number of hydrogen-bond donors (Lipinski definition) is 9. The monoisotopic (exact) mass is 2030 g/mol. The summed E-state index contributed by atoms with van der Waals surface area (Å²) < 4.78 is 121. The Morgan fingerprint density at radius 3 is 1.08 bits per heavy atom. The fraction of sp³-hybridized carbons (Fsp3) is 0.264. The number of halogens is 18. The summed E-state index contributed by atoms with van der Waals surface area (Å²) in [4.78, 5) is 63.5. The number of benzene rings is 10. The molecule has 6 atom stereocenters. The predicted molar refractivity (Wildman–Crippen MR) is 514 cm³/mol. The standard InChI is InChI=1S/C22H23ClF2N2O3.C17H15ClF2N2O.2C12H9ClFN.C10H16FNO4.C6H6BClO2.C6H5BrFN.C6H12ClN.3ClH/c1-22(2,3)30-21(29)27-12-13(24)11-18(27)20(28)26-17-10-6-8-15(19(17)25)14-7-4-5-9-16(14)23;18-13-6-2-1-4-11(13)12-5-3-7-14(16(12)20)22-17(23)15-8-10(19)9-21-15;2*13-10-6-2-1-4-8(10)9-5-3-7-11(15)12(9)14;1-10(2,3)16-9(15)12-5-6(11)4-7(12)8(13)14;8-6-4-2-1-3-5(6)7(9)10;7-4-2-1-3-5(9)6(4)8;1-5(2)6(7)8(3)4;;;/h4-10,13,18H,11-12H2,1-3H3,(H,26,28);1-7,10,15,21H,8-9H2,(H,22,23);2*1-7H,15H2;6-7H,4-5H2,1-3H3,(H,13,14);1-4,9-10H;1-3H,9H2;1-4H3;3*1H/t13-,18+;10-,15+;;;6-,7+;;;;;;/m11..1....../s1. The van der Waals surface area contributed by atoms with Gasteiger partial charge in [-0.1, -0.05) is 215 Å². The number of aliphatic carboxylic acids is 1. The normalized spacial score (nSPS) is 15.6. The third-order valence-electron chi connectivity index (χ3n) is 17.9. The number of nitrogens with zero attached hydrogens (tertiary/aromatic N) is 3. The Hall–Kier alpha value is -9.44. The molecule has 0 radical (unpaired) electrons. The minimum atomic E-state index is -1.48. The number of alkyl halides is 3. The first kappa shape index (κ1) is 114. The summed E-state index contributed by atoms with van der Waals surface area (Å²) in [7, 11) is 2.37. The highest BCUT2D eigenvalue weighted by Crippen LogP contribution is 2.38. The first-order valence-electron chi connectivity index (χ1n) is 38.7. The van der Waals surface area contributed by atoms with Crippen molar-refractivity contribution in [3.05, 3.63) is 282 Å². The molecule has 696 valence electrons. The van der Waals surface area contributed by atoms with E-state index in [0.717, 1.165) is 20.5 Å². The van der Waals surface area contributed by atoms with E-state index in [1.54, 1.807) is 211 Å². The molecule has 3 aliphatic heterocycles. The number of allylic oxidation sites excluding steroid dienone is 1. The number of carbonyl (C=O) groups excluding carboxylic acids is 4. The van der Waals surface area contributed by atoms with Crippen molar-refractivity contribution in [2.45, 2.75) is 122 Å². The first-order chi connectivity index (χ1) is 59.2. The van der Waals surface area contributed by atoms with E-state index in [-0.39, 0.29) is 110 Å². The van der Waals surface area contributed by atoms with Crippen LogP contribution >= 0.6 is 123 Å². The molecule has 129 heavy (non-hydrogen) atoms. The van der Waals surface area contributed by atoms with Crippen LogP contribution in [0.2, 0.25) is 25.1 Å². The van der Waals surface area contributed by atoms with Gasteiger partial charge in [-0.3, -0.25) is 19.4 Å². The molecule has 0 saturated carbocycles. The molecule has 3 fully saturated rings. The maximum absolute atomic E-state index is 15.1. The van der Waals surface area contributed by atoms with Gasteiger partial charge in [-0.15, -0.1) is 37.2 Å². The summed E-state index contributed by atoms with van der Waals surface area (Å²) in [5, 5.41) is 37.0. The fourth-order valence-corrected chi connectivity index (χ4v) is 13.5. The van der Waals surface area contributed by atoms with E-state index >= 15 is 4.39 Å². The lowest BCUT2D eigenvalue weighted by atomic mass is 9.80. The summed E-state index contributed by atoms with van der Waals surface area (Å²) >= 11 is 38.6. The van der Waals surface area contributed by atoms with Crippen molar-refractivity contribution in [1.82, 2.24) is 20.0 Å². The lowest BCUT2D eigenvalue weighted by Crippen LogP contribution is -2.45. The van der Waals surface area contributed by atoms with Crippen molar-refractivity contribution in [1.29, 1.82) is 0 Å². The van der Waals surface area contributed by atoms with Crippen LogP contribution in [0.25, 0.3) is 44.5 Å². The average Bonchev–Trinajstić information content (AvgIpc) is 1.79. The molecule has 12 N–H and O–H groups in total. The molecule has 10 aromatic carbocycles. The average molecular weight is 2040 g/mol. The van der Waals surface area contributed by atoms with E-state index in [9.17, 15) is 54.7 Å². The minimum absolute atomic E-state index is 0. The van der Waals surface area contributed by atoms with E-state index in [1.807, 2.05) is 45.0 Å². The molecule has 3 aliphatic rings. The van der Waals surface area contributed by atoms with Crippen LogP contribution in [-0.2, 0) is 23.9 Å². The summed E-state index contributed by atoms with van der Waals surface area (Å²) in [5.41, 5.74) is 20.3. The van der Waals surface area contributed by atoms with Crippen molar-refractivity contribution < 1.29 is 83.7 Å². The number of carboxylic acid groups (broad SMARTS) is 1. The van der Waals surface area contributed by atoms with Gasteiger partial charge in [0, 0.05) is 115 Å². The van der Waals surface area contributed by atoms with Crippen LogP contribution in [0.1, 0.15) is 74.7 Å². The molecular weight excluding hydrogens is 1940 g/mol. The topological polar surface area (TPSA) is 288 Å². The second-order valence-electron chi connectivity index (χ2n) is 30.5. The SMILES string of the molecule is CC(C)(C)OC(=O)N1C[C@H](F)C[C@H]1C(=O)Nc1cccc(-c2ccccc2Cl)c1F.CC(C)(C)OC(=O)N1C[C@H](F)C[C@H]1C(=O)O.CC(C)=C(Cl)N(C)C.Cl.Cl.Cl.Nc1cccc(-c2ccccc2Cl)c1F.Nc1cccc(-c2ccccc2Cl)c1F.Nc1cccc(Br)c1F.O=C(Nc1cccc(-c2ccccc2Cl)c1F)[C@@H]1C[C@@H](F)CN1.OB(O)c1ccccc1Cl. The highest BCUT2D eigenvalue weighted by molar-refractivity contribution is 9.10. The number of carbonyl (C=O) groups is 5. The van der Waals surface area contributed by atoms with Gasteiger partial charge in [0.1, 0.15) is 47.0 Å². The lowest BCUT2D eigenvalue weighted by Gasteiger charge is -2.27. The van der Waals surface area contributed by atoms with Crippen LogP contribution in [0.5, 0.6) is 0 Å². The van der Waals surface area contributed by atoms with Crippen LogP contribution < -0.4 is 38.6 Å². The molecule has 4 amide bonds. The number of nitrogens with two attached hydrogens (primary N) is 3. The van der Waals surface area contributed by atoms with Crippen molar-refractivity contribution in [3.8, 4) is 44.5 Å². The summed E-state index contributed by atoms with van der Waals surface area (Å²) in [6.07, 6.45) is -5.54. The van der Waals surface area contributed by atoms with Gasteiger partial charge < -0.3 is 62.7 Å². The third kappa shape index (κ3) is 35.0. The molecule has 10 aromatic rings. The van der Waals surface area contributed by atoms with Crippen LogP contribution in [0.4, 0.5) is 73.1 Å². The Bertz CT molecular complexity index is 5310. The quantitative estimate of drug-likeness (QED) is 0.0252. The molecule has 0 bridgehead atoms. The number of carboxylic acids is 1. The van der Waals surface area contributed by atoms with Crippen LogP contribution in [0, 0.1) is 29.1 Å². The second-order valence-corrected chi connectivity index (χ2v) is 33.7. The zero-order chi connectivity index (χ0) is 93.8. The molecule has 19 nitrogen and oxygen atoms in total. The molecule has 0 spiro atoms. The molecule has 0 aliphatic carbocycles. The van der Waals surface area contributed by atoms with E-state index in [2.05, 4.69) is 31.9 Å². The Morgan fingerprint density at radius 1 is 0.457 bits per heavy atom. The summed E-state index contributed by atoms with van der Waals surface area (Å²) in [5.74, 6) is -4.81. The number of ether oxygens (including phenoxy) is 2. The summed E-state index contributed by atoms with van der Waals surface area (Å²) in [6, 6.07) is 55.4. The smallest absolute Gasteiger partial charge is 0.480 e. The molecular formula is C91H98BBrCl9F8N9O10. The number of amides is 4. The third-order valence-corrected chi connectivity index (χ3v) is 20.9. The van der Waals surface area contributed by atoms with E-state index < -0.39 is 114 Å². The number of hydrogen-bond acceptors (Lipinski definition) is 14. The molecule has 3 saturated heterocycles. The zero-order valence-electron chi connectivity index (χ0n) is 71.2. The first-order valence-corrected chi connectivity index (χ1v) is 41.7. The predicted octanol–water partition coefficient (Wildman–Crippen LogP) is 23.6. The second kappa shape index (κ2) is 53.8. The highest BCUT2D eigenvalue weighted by Gasteiger charge is 2.44. The number of likely N-dealkylation sites (tertiary alicyclic amines) is 2. The van der Waals surface area contributed by atoms with Crippen molar-refractivity contribution in [3.63, 3.8) is 0 Å². The minimum Gasteiger partial charge on any atom is -0.480 e. The largest absolute Gasteiger partial charge is 0.489 e. The Morgan fingerprint density at radius 2 is 0.775 bits per heavy atom. The van der Waals surface area contributed by atoms with Gasteiger partial charge in [-0.05, 0) is 144 Å². The highest BCUT2D eigenvalue weighted by atomic mass is 79.9. The maximum atomic E-state index is 15.1. The Kier molecular flexibility index (Phi) is 47.4. The number of rotatable bonds is 11. The van der Waals surface area contributed by atoms with E-state index in [0.29, 0.717) is 74.0 Å². The molecule has 0 unspecified atom stereocenters. The molecule has 0 aromatic heterocycles. The van der Waals surface area contributed by atoms with Gasteiger partial charge in [-0.2, -0.15) is 0 Å². The Balaban J connectivity index is 0.000000392. The van der Waals surface area contributed by atoms with E-state index in [4.69, 9.17) is 111 Å². The maximum Gasteiger partial charge on any atom is 0.489 e. The van der Waals surface area contributed by atoms with Crippen molar-refractivity contribution in [2.75, 3.05) is 61.6 Å². The van der Waals surface area contributed by atoms with E-state index in [1.165, 1.54) is 30.3 Å². The molecule has 3 heterocycles. The van der Waals surface area contributed by atoms with Crippen molar-refractivity contribution in [2.24, 2.45) is 0 Å². The number of nitrogens with one attached hydrogen (secondary N) is 3. The molecule has 13 rings (SSSR count). The van der Waals surface area contributed by atoms with Gasteiger partial charge >= 0.3 is 25.3 Å². The van der Waals surface area contributed by atoms with Crippen LogP contribution in [0.3, 0.4) is 0 Å².